The van der Waals surface area contributed by atoms with Crippen LogP contribution in [0.4, 0.5) is 0 Å². The lowest BCUT2D eigenvalue weighted by atomic mass is 9.74. The van der Waals surface area contributed by atoms with E-state index in [0.29, 0.717) is 6.04 Å². The van der Waals surface area contributed by atoms with Crippen LogP contribution in [0.2, 0.25) is 0 Å². The van der Waals surface area contributed by atoms with Gasteiger partial charge in [0.15, 0.2) is 0 Å². The summed E-state index contributed by atoms with van der Waals surface area (Å²) < 4.78 is 11.1. The molecular weight excluding hydrogens is 250 g/mol. The minimum atomic E-state index is 0.246. The van der Waals surface area contributed by atoms with Gasteiger partial charge >= 0.3 is 0 Å². The molecule has 1 unspecified atom stereocenters. The minimum Gasteiger partial charge on any atom is -0.497 e. The van der Waals surface area contributed by atoms with Crippen LogP contribution >= 0.6 is 0 Å². The van der Waals surface area contributed by atoms with Gasteiger partial charge in [-0.1, -0.05) is 12.1 Å². The van der Waals surface area contributed by atoms with Gasteiger partial charge in [0.25, 0.3) is 0 Å². The number of hydrogen-bond acceptors (Lipinski definition) is 3. The van der Waals surface area contributed by atoms with Gasteiger partial charge < -0.3 is 14.8 Å². The van der Waals surface area contributed by atoms with Gasteiger partial charge in [0.2, 0.25) is 0 Å². The second-order valence-electron chi connectivity index (χ2n) is 6.13. The second-order valence-corrected chi connectivity index (χ2v) is 6.13. The molecule has 1 N–H and O–H groups in total. The Morgan fingerprint density at radius 3 is 2.75 bits per heavy atom. The third-order valence-corrected chi connectivity index (χ3v) is 4.76. The van der Waals surface area contributed by atoms with E-state index in [4.69, 9.17) is 9.47 Å². The fraction of sp³-hybridized carbons (Fsp3) is 0.647. The Labute approximate surface area is 121 Å². The van der Waals surface area contributed by atoms with Crippen LogP contribution in [0.15, 0.2) is 24.3 Å². The molecule has 0 radical (unpaired) electrons. The van der Waals surface area contributed by atoms with E-state index >= 15 is 0 Å². The third-order valence-electron chi connectivity index (χ3n) is 4.76. The smallest absolute Gasteiger partial charge is 0.118 e. The Morgan fingerprint density at radius 1 is 1.30 bits per heavy atom. The molecule has 110 valence electrons. The lowest BCUT2D eigenvalue weighted by Gasteiger charge is -2.47. The van der Waals surface area contributed by atoms with Crippen molar-refractivity contribution in [3.05, 3.63) is 29.8 Å². The highest BCUT2D eigenvalue weighted by Gasteiger charge is 2.42. The van der Waals surface area contributed by atoms with Crippen LogP contribution in [-0.2, 0) is 11.2 Å². The van der Waals surface area contributed by atoms with Crippen LogP contribution in [0, 0.1) is 0 Å². The fourth-order valence-electron chi connectivity index (χ4n) is 3.33. The molecular formula is C17H25NO2. The van der Waals surface area contributed by atoms with Gasteiger partial charge in [-0.15, -0.1) is 0 Å². The Hall–Kier alpha value is -1.06. The zero-order valence-electron chi connectivity index (χ0n) is 12.4. The van der Waals surface area contributed by atoms with Crippen molar-refractivity contribution in [2.45, 2.75) is 50.2 Å². The molecule has 1 heterocycles. The zero-order chi connectivity index (χ0) is 13.8. The molecule has 20 heavy (non-hydrogen) atoms. The topological polar surface area (TPSA) is 30.5 Å². The van der Waals surface area contributed by atoms with Crippen LogP contribution in [0.1, 0.15) is 37.7 Å². The number of methoxy groups -OCH3 is 1. The molecule has 1 aromatic rings. The average Bonchev–Trinajstić information content (AvgIpc) is 2.47. The van der Waals surface area contributed by atoms with Crippen molar-refractivity contribution < 1.29 is 9.47 Å². The van der Waals surface area contributed by atoms with Gasteiger partial charge in [0.05, 0.1) is 12.7 Å². The highest BCUT2D eigenvalue weighted by molar-refractivity contribution is 5.27. The molecule has 3 nitrogen and oxygen atoms in total. The molecule has 0 bridgehead atoms. The Balaban J connectivity index is 1.42. The molecule has 1 aromatic carbocycles. The first-order valence-electron chi connectivity index (χ1n) is 7.80. The van der Waals surface area contributed by atoms with Gasteiger partial charge in [-0.2, -0.15) is 0 Å². The molecule has 1 saturated carbocycles. The highest BCUT2D eigenvalue weighted by Crippen LogP contribution is 2.42. The van der Waals surface area contributed by atoms with E-state index in [2.05, 4.69) is 17.4 Å². The van der Waals surface area contributed by atoms with Gasteiger partial charge in [-0.25, -0.2) is 0 Å². The summed E-state index contributed by atoms with van der Waals surface area (Å²) in [4.78, 5) is 0. The Morgan fingerprint density at radius 2 is 2.10 bits per heavy atom. The van der Waals surface area contributed by atoms with E-state index in [-0.39, 0.29) is 5.60 Å². The van der Waals surface area contributed by atoms with Crippen LogP contribution in [-0.4, -0.2) is 31.9 Å². The number of benzene rings is 1. The molecule has 2 fully saturated rings. The summed E-state index contributed by atoms with van der Waals surface area (Å²) in [6, 6.07) is 9.01. The average molecular weight is 275 g/mol. The molecule has 3 heteroatoms. The Kier molecular flexibility index (Phi) is 4.27. The molecule has 3 rings (SSSR count). The number of hydrogen-bond donors (Lipinski definition) is 1. The first-order valence-corrected chi connectivity index (χ1v) is 7.80. The largest absolute Gasteiger partial charge is 0.497 e. The highest BCUT2D eigenvalue weighted by atomic mass is 16.5. The molecule has 1 spiro atoms. The summed E-state index contributed by atoms with van der Waals surface area (Å²) in [6.07, 6.45) is 7.32. The van der Waals surface area contributed by atoms with E-state index in [9.17, 15) is 0 Å². The van der Waals surface area contributed by atoms with Gasteiger partial charge in [-0.05, 0) is 62.8 Å². The van der Waals surface area contributed by atoms with Gasteiger partial charge in [0, 0.05) is 12.6 Å². The van der Waals surface area contributed by atoms with Crippen molar-refractivity contribution in [1.82, 2.24) is 5.32 Å². The zero-order valence-corrected chi connectivity index (χ0v) is 12.4. The standard InChI is InChI=1S/C17H25NO2/c1-19-16-5-3-14(4-6-16)7-11-18-15-8-12-20-17(13-15)9-2-10-17/h3-6,15,18H,2,7-13H2,1H3. The molecule has 0 amide bonds. The third kappa shape index (κ3) is 3.15. The van der Waals surface area contributed by atoms with E-state index in [1.807, 2.05) is 12.1 Å². The summed E-state index contributed by atoms with van der Waals surface area (Å²) in [7, 11) is 1.71. The Bertz CT molecular complexity index is 425. The molecule has 2 aliphatic rings. The normalized spacial score (nSPS) is 24.4. The van der Waals surface area contributed by atoms with Crippen LogP contribution in [0.25, 0.3) is 0 Å². The number of nitrogens with one attached hydrogen (secondary N) is 1. The van der Waals surface area contributed by atoms with Crippen molar-refractivity contribution in [2.75, 3.05) is 20.3 Å². The van der Waals surface area contributed by atoms with Crippen molar-refractivity contribution in [1.29, 1.82) is 0 Å². The van der Waals surface area contributed by atoms with Gasteiger partial charge in [-0.3, -0.25) is 0 Å². The van der Waals surface area contributed by atoms with E-state index < -0.39 is 0 Å². The maximum Gasteiger partial charge on any atom is 0.118 e. The number of ether oxygens (including phenoxy) is 2. The molecule has 1 saturated heterocycles. The van der Waals surface area contributed by atoms with Crippen LogP contribution < -0.4 is 10.1 Å². The first kappa shape index (κ1) is 13.9. The number of rotatable bonds is 5. The molecule has 1 aliphatic carbocycles. The SMILES string of the molecule is COc1ccc(CCNC2CCOC3(CCC3)C2)cc1. The quantitative estimate of drug-likeness (QED) is 0.896. The monoisotopic (exact) mass is 275 g/mol. The van der Waals surface area contributed by atoms with Crippen molar-refractivity contribution in [2.24, 2.45) is 0 Å². The summed E-state index contributed by atoms with van der Waals surface area (Å²) in [5.74, 6) is 0.929. The van der Waals surface area contributed by atoms with E-state index in [0.717, 1.165) is 31.7 Å². The van der Waals surface area contributed by atoms with Gasteiger partial charge in [0.1, 0.15) is 5.75 Å². The predicted molar refractivity (Wildman–Crippen MR) is 80.3 cm³/mol. The summed E-state index contributed by atoms with van der Waals surface area (Å²) in [5, 5.41) is 3.71. The maximum absolute atomic E-state index is 5.97. The van der Waals surface area contributed by atoms with Crippen molar-refractivity contribution >= 4 is 0 Å². The van der Waals surface area contributed by atoms with Crippen LogP contribution in [0.5, 0.6) is 5.75 Å². The summed E-state index contributed by atoms with van der Waals surface area (Å²) in [5.41, 5.74) is 1.61. The minimum absolute atomic E-state index is 0.246. The molecule has 1 aliphatic heterocycles. The van der Waals surface area contributed by atoms with Crippen molar-refractivity contribution in [3.8, 4) is 5.75 Å². The fourth-order valence-corrected chi connectivity index (χ4v) is 3.33. The van der Waals surface area contributed by atoms with Crippen molar-refractivity contribution in [3.63, 3.8) is 0 Å². The van der Waals surface area contributed by atoms with E-state index in [1.54, 1.807) is 7.11 Å². The van der Waals surface area contributed by atoms with E-state index in [1.165, 1.54) is 31.2 Å². The molecule has 1 atom stereocenters. The lowest BCUT2D eigenvalue weighted by molar-refractivity contribution is -0.135. The summed E-state index contributed by atoms with van der Waals surface area (Å²) in [6.45, 7) is 1.98. The maximum atomic E-state index is 5.97. The first-order chi connectivity index (χ1) is 9.80. The lowest BCUT2D eigenvalue weighted by Crippen LogP contribution is -2.51. The van der Waals surface area contributed by atoms with Crippen LogP contribution in [0.3, 0.4) is 0 Å². The molecule has 0 aromatic heterocycles. The summed E-state index contributed by atoms with van der Waals surface area (Å²) >= 11 is 0. The second kappa shape index (κ2) is 6.15. The predicted octanol–water partition coefficient (Wildman–Crippen LogP) is 2.93.